The molecule has 0 unspecified atom stereocenters. The molecule has 7 heteroatoms. The number of nitrogens with two attached hydrogens (primary N) is 1. The molecule has 118 valence electrons. The second kappa shape index (κ2) is 5.96. The average Bonchev–Trinajstić information content (AvgIpc) is 2.42. The van der Waals surface area contributed by atoms with Crippen LogP contribution in [0.1, 0.15) is 19.4 Å². The van der Waals surface area contributed by atoms with E-state index in [1.165, 1.54) is 0 Å². The first-order valence-corrected chi connectivity index (χ1v) is 9.11. The number of piperazine rings is 1. The van der Waals surface area contributed by atoms with Crippen molar-refractivity contribution in [1.82, 2.24) is 9.21 Å². The van der Waals surface area contributed by atoms with E-state index < -0.39 is 10.0 Å². The number of likely N-dealkylation sites (N-methyl/N-ethyl adjacent to an activating group) is 1. The molecule has 0 aromatic heterocycles. The minimum atomic E-state index is -3.52. The third-order valence-corrected chi connectivity index (χ3v) is 6.97. The number of rotatable bonds is 3. The van der Waals surface area contributed by atoms with Crippen LogP contribution >= 0.6 is 15.9 Å². The van der Waals surface area contributed by atoms with E-state index in [1.54, 1.807) is 16.4 Å². The van der Waals surface area contributed by atoms with Crippen LogP contribution in [0.2, 0.25) is 0 Å². The van der Waals surface area contributed by atoms with Crippen LogP contribution in [0.25, 0.3) is 0 Å². The minimum absolute atomic E-state index is 0.177. The smallest absolute Gasteiger partial charge is 0.244 e. The summed E-state index contributed by atoms with van der Waals surface area (Å²) in [6, 6.07) is 5.23. The summed E-state index contributed by atoms with van der Waals surface area (Å²) < 4.78 is 28.0. The second-order valence-electron chi connectivity index (χ2n) is 6.04. The fraction of sp³-hybridized carbons (Fsp3) is 0.571. The summed E-state index contributed by atoms with van der Waals surface area (Å²) in [7, 11) is -1.49. The highest BCUT2D eigenvalue weighted by Gasteiger charge is 2.37. The Bertz CT molecular complexity index is 631. The first kappa shape index (κ1) is 16.9. The van der Waals surface area contributed by atoms with Crippen LogP contribution < -0.4 is 5.73 Å². The van der Waals surface area contributed by atoms with E-state index in [1.807, 2.05) is 13.1 Å². The molecular formula is C14H22BrN3O2S. The zero-order chi connectivity index (χ0) is 15.8. The van der Waals surface area contributed by atoms with E-state index in [0.717, 1.165) is 12.1 Å². The van der Waals surface area contributed by atoms with Gasteiger partial charge in [-0.2, -0.15) is 4.31 Å². The van der Waals surface area contributed by atoms with Crippen LogP contribution in [0.4, 0.5) is 0 Å². The van der Waals surface area contributed by atoms with Crippen molar-refractivity contribution in [2.75, 3.05) is 26.7 Å². The maximum atomic E-state index is 12.9. The maximum absolute atomic E-state index is 12.9. The zero-order valence-corrected chi connectivity index (χ0v) is 15.0. The molecule has 0 aliphatic carbocycles. The molecule has 0 bridgehead atoms. The van der Waals surface area contributed by atoms with Crippen molar-refractivity contribution in [3.8, 4) is 0 Å². The van der Waals surface area contributed by atoms with Gasteiger partial charge >= 0.3 is 0 Å². The van der Waals surface area contributed by atoms with E-state index in [-0.39, 0.29) is 5.54 Å². The summed E-state index contributed by atoms with van der Waals surface area (Å²) >= 11 is 3.35. The molecule has 21 heavy (non-hydrogen) atoms. The van der Waals surface area contributed by atoms with Crippen LogP contribution in [0, 0.1) is 0 Å². The number of nitrogens with zero attached hydrogens (tertiary/aromatic N) is 2. The van der Waals surface area contributed by atoms with Crippen LogP contribution in [0.15, 0.2) is 27.6 Å². The molecule has 0 spiro atoms. The monoisotopic (exact) mass is 375 g/mol. The first-order chi connectivity index (χ1) is 9.68. The highest BCUT2D eigenvalue weighted by molar-refractivity contribution is 9.10. The molecule has 0 atom stereocenters. The van der Waals surface area contributed by atoms with Gasteiger partial charge in [-0.3, -0.25) is 4.90 Å². The SMILES string of the molecule is CN1CCN(S(=O)(=O)c2cc(CN)ccc2Br)CC1(C)C. The Kier molecular flexibility index (Phi) is 4.80. The van der Waals surface area contributed by atoms with Crippen molar-refractivity contribution in [2.45, 2.75) is 30.8 Å². The predicted octanol–water partition coefficient (Wildman–Crippen LogP) is 1.62. The van der Waals surface area contributed by atoms with Crippen molar-refractivity contribution >= 4 is 26.0 Å². The van der Waals surface area contributed by atoms with E-state index in [0.29, 0.717) is 29.0 Å². The Morgan fingerprint density at radius 1 is 1.33 bits per heavy atom. The Morgan fingerprint density at radius 2 is 2.00 bits per heavy atom. The maximum Gasteiger partial charge on any atom is 0.244 e. The molecule has 2 rings (SSSR count). The number of sulfonamides is 1. The highest BCUT2D eigenvalue weighted by atomic mass is 79.9. The molecule has 5 nitrogen and oxygen atoms in total. The van der Waals surface area contributed by atoms with Crippen LogP contribution in [0.3, 0.4) is 0 Å². The molecule has 0 saturated carbocycles. The summed E-state index contributed by atoms with van der Waals surface area (Å²) in [6.45, 7) is 6.14. The Hall–Kier alpha value is -0.470. The fourth-order valence-corrected chi connectivity index (χ4v) is 4.97. The molecular weight excluding hydrogens is 354 g/mol. The molecule has 0 radical (unpaired) electrons. The van der Waals surface area contributed by atoms with Gasteiger partial charge in [0.1, 0.15) is 0 Å². The van der Waals surface area contributed by atoms with Gasteiger partial charge in [0, 0.05) is 36.2 Å². The number of hydrogen-bond donors (Lipinski definition) is 1. The lowest BCUT2D eigenvalue weighted by Crippen LogP contribution is -2.58. The van der Waals surface area contributed by atoms with E-state index >= 15 is 0 Å². The third kappa shape index (κ3) is 3.32. The Labute approximate surface area is 135 Å². The number of benzene rings is 1. The van der Waals surface area contributed by atoms with Crippen molar-refractivity contribution in [3.63, 3.8) is 0 Å². The van der Waals surface area contributed by atoms with E-state index in [4.69, 9.17) is 5.73 Å². The zero-order valence-electron chi connectivity index (χ0n) is 12.6. The summed E-state index contributed by atoms with van der Waals surface area (Å²) in [4.78, 5) is 2.48. The second-order valence-corrected chi connectivity index (χ2v) is 8.80. The quantitative estimate of drug-likeness (QED) is 0.871. The fourth-order valence-electron chi connectivity index (χ4n) is 2.41. The lowest BCUT2D eigenvalue weighted by atomic mass is 10.0. The lowest BCUT2D eigenvalue weighted by Gasteiger charge is -2.44. The van der Waals surface area contributed by atoms with Crippen molar-refractivity contribution < 1.29 is 8.42 Å². The Balaban J connectivity index is 2.39. The minimum Gasteiger partial charge on any atom is -0.326 e. The molecule has 1 fully saturated rings. The Morgan fingerprint density at radius 3 is 2.57 bits per heavy atom. The molecule has 1 heterocycles. The van der Waals surface area contributed by atoms with E-state index in [9.17, 15) is 8.42 Å². The van der Waals surface area contributed by atoms with Crippen LogP contribution in [-0.2, 0) is 16.6 Å². The molecule has 1 saturated heterocycles. The molecule has 2 N–H and O–H groups in total. The largest absolute Gasteiger partial charge is 0.326 e. The summed E-state index contributed by atoms with van der Waals surface area (Å²) in [5.74, 6) is 0. The lowest BCUT2D eigenvalue weighted by molar-refractivity contribution is 0.0801. The van der Waals surface area contributed by atoms with Crippen molar-refractivity contribution in [3.05, 3.63) is 28.2 Å². The van der Waals surface area contributed by atoms with Gasteiger partial charge in [-0.05, 0) is 54.5 Å². The van der Waals surface area contributed by atoms with Gasteiger partial charge in [0.25, 0.3) is 0 Å². The topological polar surface area (TPSA) is 66.6 Å². The van der Waals surface area contributed by atoms with Gasteiger partial charge in [-0.1, -0.05) is 6.07 Å². The van der Waals surface area contributed by atoms with Crippen molar-refractivity contribution in [1.29, 1.82) is 0 Å². The van der Waals surface area contributed by atoms with Crippen LogP contribution in [0.5, 0.6) is 0 Å². The molecule has 1 aliphatic rings. The van der Waals surface area contributed by atoms with Crippen LogP contribution in [-0.4, -0.2) is 49.8 Å². The highest BCUT2D eigenvalue weighted by Crippen LogP contribution is 2.29. The third-order valence-electron chi connectivity index (χ3n) is 4.13. The molecule has 1 aromatic rings. The standard InChI is InChI=1S/C14H22BrN3O2S/c1-14(2)10-18(7-6-17(14)3)21(19,20)13-8-11(9-16)4-5-12(13)15/h4-5,8H,6-7,9-10,16H2,1-3H3. The average molecular weight is 376 g/mol. The van der Waals surface area contributed by atoms with Gasteiger partial charge in [0.15, 0.2) is 0 Å². The summed E-state index contributed by atoms with van der Waals surface area (Å²) in [5, 5.41) is 0. The predicted molar refractivity (Wildman–Crippen MR) is 87.5 cm³/mol. The number of halogens is 1. The van der Waals surface area contributed by atoms with Gasteiger partial charge in [0.05, 0.1) is 4.90 Å². The van der Waals surface area contributed by atoms with Gasteiger partial charge in [-0.25, -0.2) is 8.42 Å². The normalized spacial score (nSPS) is 20.6. The van der Waals surface area contributed by atoms with Gasteiger partial charge in [-0.15, -0.1) is 0 Å². The first-order valence-electron chi connectivity index (χ1n) is 6.88. The van der Waals surface area contributed by atoms with Gasteiger partial charge in [0.2, 0.25) is 10.0 Å². The summed E-state index contributed by atoms with van der Waals surface area (Å²) in [6.07, 6.45) is 0. The molecule has 0 amide bonds. The van der Waals surface area contributed by atoms with Crippen molar-refractivity contribution in [2.24, 2.45) is 5.73 Å². The summed E-state index contributed by atoms with van der Waals surface area (Å²) in [5.41, 5.74) is 6.25. The molecule has 1 aromatic carbocycles. The number of hydrogen-bond acceptors (Lipinski definition) is 4. The van der Waals surface area contributed by atoms with E-state index in [2.05, 4.69) is 34.7 Å². The van der Waals surface area contributed by atoms with Gasteiger partial charge < -0.3 is 5.73 Å². The molecule has 1 aliphatic heterocycles.